The van der Waals surface area contributed by atoms with Crippen LogP contribution in [0.2, 0.25) is 0 Å². The van der Waals surface area contributed by atoms with E-state index in [0.717, 1.165) is 4.47 Å². The van der Waals surface area contributed by atoms with E-state index in [1.54, 1.807) is 30.0 Å². The first kappa shape index (κ1) is 21.0. The predicted octanol–water partition coefficient (Wildman–Crippen LogP) is 4.42. The molecule has 1 saturated heterocycles. The molecule has 2 aromatic heterocycles. The molecular weight excluding hydrogens is 464 g/mol. The van der Waals surface area contributed by atoms with Gasteiger partial charge in [-0.2, -0.15) is 0 Å². The van der Waals surface area contributed by atoms with Crippen molar-refractivity contribution < 1.29 is 18.8 Å². The molecule has 0 unspecified atom stereocenters. The Morgan fingerprint density at radius 3 is 2.52 bits per heavy atom. The van der Waals surface area contributed by atoms with E-state index < -0.39 is 0 Å². The minimum absolute atomic E-state index is 0.100. The summed E-state index contributed by atoms with van der Waals surface area (Å²) in [5.74, 6) is 1.76. The fourth-order valence-electron chi connectivity index (χ4n) is 3.37. The normalized spacial score (nSPS) is 14.3. The standard InChI is InChI=1S/C22H21BrN4O4/c1-14-12-19(26-31-14)25-21(28)15-8-10-27(11-9-15)22(29)16-2-7-20(24-13-16)30-18-5-3-17(23)4-6-18/h2-7,12-13,15H,8-11H2,1H3,(H,25,26,28). The van der Waals surface area contributed by atoms with Crippen LogP contribution in [-0.4, -0.2) is 39.9 Å². The Bertz CT molecular complexity index is 1060. The molecular formula is C22H21BrN4O4. The number of hydrogen-bond acceptors (Lipinski definition) is 6. The van der Waals surface area contributed by atoms with Gasteiger partial charge in [-0.05, 0) is 50.1 Å². The Kier molecular flexibility index (Phi) is 6.31. The first-order valence-corrected chi connectivity index (χ1v) is 10.7. The highest BCUT2D eigenvalue weighted by molar-refractivity contribution is 9.10. The van der Waals surface area contributed by atoms with E-state index in [2.05, 4.69) is 31.4 Å². The molecule has 0 radical (unpaired) electrons. The van der Waals surface area contributed by atoms with Crippen molar-refractivity contribution in [3.63, 3.8) is 0 Å². The fraction of sp³-hybridized carbons (Fsp3) is 0.273. The maximum Gasteiger partial charge on any atom is 0.255 e. The van der Waals surface area contributed by atoms with Gasteiger partial charge in [-0.25, -0.2) is 4.98 Å². The number of pyridine rings is 1. The number of benzene rings is 1. The van der Waals surface area contributed by atoms with E-state index in [-0.39, 0.29) is 17.7 Å². The second kappa shape index (κ2) is 9.30. The molecule has 8 nitrogen and oxygen atoms in total. The number of halogens is 1. The number of ether oxygens (including phenoxy) is 1. The molecule has 1 aromatic carbocycles. The van der Waals surface area contributed by atoms with Crippen LogP contribution in [0.4, 0.5) is 5.82 Å². The maximum absolute atomic E-state index is 12.8. The Morgan fingerprint density at radius 1 is 1.16 bits per heavy atom. The lowest BCUT2D eigenvalue weighted by Gasteiger charge is -2.31. The number of aromatic nitrogens is 2. The largest absolute Gasteiger partial charge is 0.439 e. The van der Waals surface area contributed by atoms with Crippen molar-refractivity contribution in [1.29, 1.82) is 0 Å². The van der Waals surface area contributed by atoms with Gasteiger partial charge < -0.3 is 19.5 Å². The van der Waals surface area contributed by atoms with Gasteiger partial charge >= 0.3 is 0 Å². The van der Waals surface area contributed by atoms with Crippen molar-refractivity contribution in [1.82, 2.24) is 15.0 Å². The van der Waals surface area contributed by atoms with Crippen LogP contribution >= 0.6 is 15.9 Å². The van der Waals surface area contributed by atoms with Gasteiger partial charge in [-0.15, -0.1) is 0 Å². The molecule has 0 saturated carbocycles. The first-order chi connectivity index (χ1) is 15.0. The minimum atomic E-state index is -0.166. The topological polar surface area (TPSA) is 97.6 Å². The van der Waals surface area contributed by atoms with Crippen molar-refractivity contribution in [2.45, 2.75) is 19.8 Å². The van der Waals surface area contributed by atoms with Crippen LogP contribution in [0.1, 0.15) is 29.0 Å². The van der Waals surface area contributed by atoms with E-state index in [4.69, 9.17) is 9.26 Å². The number of nitrogens with one attached hydrogen (secondary N) is 1. The summed E-state index contributed by atoms with van der Waals surface area (Å²) >= 11 is 3.38. The van der Waals surface area contributed by atoms with Gasteiger partial charge in [0.15, 0.2) is 5.82 Å². The molecule has 9 heteroatoms. The fourth-order valence-corrected chi connectivity index (χ4v) is 3.64. The van der Waals surface area contributed by atoms with E-state index in [1.807, 2.05) is 24.3 Å². The van der Waals surface area contributed by atoms with Crippen LogP contribution in [-0.2, 0) is 4.79 Å². The number of aryl methyl sites for hydroxylation is 1. The number of anilines is 1. The van der Waals surface area contributed by atoms with Crippen molar-refractivity contribution in [3.05, 3.63) is 64.5 Å². The summed E-state index contributed by atoms with van der Waals surface area (Å²) in [6, 6.07) is 12.5. The molecule has 1 N–H and O–H groups in total. The Balaban J connectivity index is 1.30. The third-order valence-corrected chi connectivity index (χ3v) is 5.58. The number of likely N-dealkylation sites (tertiary alicyclic amines) is 1. The SMILES string of the molecule is Cc1cc(NC(=O)C2CCN(C(=O)c3ccc(Oc4ccc(Br)cc4)nc3)CC2)no1. The summed E-state index contributed by atoms with van der Waals surface area (Å²) in [6.45, 7) is 2.78. The monoisotopic (exact) mass is 484 g/mol. The molecule has 160 valence electrons. The second-order valence-corrected chi connectivity index (χ2v) is 8.24. The van der Waals surface area contributed by atoms with Gasteiger partial charge in [-0.3, -0.25) is 9.59 Å². The third-order valence-electron chi connectivity index (χ3n) is 5.05. The zero-order valence-corrected chi connectivity index (χ0v) is 18.5. The Morgan fingerprint density at radius 2 is 1.90 bits per heavy atom. The summed E-state index contributed by atoms with van der Waals surface area (Å²) < 4.78 is 11.6. The van der Waals surface area contributed by atoms with Crippen LogP contribution in [0.15, 0.2) is 57.7 Å². The molecule has 0 spiro atoms. The smallest absolute Gasteiger partial charge is 0.255 e. The van der Waals surface area contributed by atoms with E-state index in [9.17, 15) is 9.59 Å². The minimum Gasteiger partial charge on any atom is -0.439 e. The summed E-state index contributed by atoms with van der Waals surface area (Å²) in [6.07, 6.45) is 2.70. The van der Waals surface area contributed by atoms with Gasteiger partial charge in [0.1, 0.15) is 11.5 Å². The average Bonchev–Trinajstić information content (AvgIpc) is 3.20. The van der Waals surface area contributed by atoms with Gasteiger partial charge in [0.05, 0.1) is 5.56 Å². The maximum atomic E-state index is 12.8. The Labute approximate surface area is 187 Å². The molecule has 0 aliphatic carbocycles. The van der Waals surface area contributed by atoms with E-state index in [1.165, 1.54) is 6.20 Å². The van der Waals surface area contributed by atoms with Crippen molar-refractivity contribution in [2.24, 2.45) is 5.92 Å². The molecule has 1 aliphatic rings. The summed E-state index contributed by atoms with van der Waals surface area (Å²) in [4.78, 5) is 31.2. The number of amides is 2. The molecule has 3 aromatic rings. The van der Waals surface area contributed by atoms with Gasteiger partial charge in [-0.1, -0.05) is 21.1 Å². The lowest BCUT2D eigenvalue weighted by molar-refractivity contribution is -0.121. The van der Waals surface area contributed by atoms with Gasteiger partial charge in [0, 0.05) is 41.8 Å². The molecule has 4 rings (SSSR count). The number of carbonyl (C=O) groups is 2. The van der Waals surface area contributed by atoms with Crippen LogP contribution in [0.3, 0.4) is 0 Å². The number of piperidine rings is 1. The summed E-state index contributed by atoms with van der Waals surface area (Å²) in [7, 11) is 0. The summed E-state index contributed by atoms with van der Waals surface area (Å²) in [5.41, 5.74) is 0.490. The lowest BCUT2D eigenvalue weighted by Crippen LogP contribution is -2.41. The highest BCUT2D eigenvalue weighted by atomic mass is 79.9. The number of carbonyl (C=O) groups excluding carboxylic acids is 2. The van der Waals surface area contributed by atoms with Crippen LogP contribution < -0.4 is 10.1 Å². The van der Waals surface area contributed by atoms with E-state index in [0.29, 0.717) is 54.7 Å². The third kappa shape index (κ3) is 5.29. The number of nitrogens with zero attached hydrogens (tertiary/aromatic N) is 3. The van der Waals surface area contributed by atoms with Crippen LogP contribution in [0, 0.1) is 12.8 Å². The molecule has 2 amide bonds. The molecule has 1 fully saturated rings. The van der Waals surface area contributed by atoms with Crippen LogP contribution in [0.25, 0.3) is 0 Å². The lowest BCUT2D eigenvalue weighted by atomic mass is 9.95. The number of hydrogen-bond donors (Lipinski definition) is 1. The number of rotatable bonds is 5. The quantitative estimate of drug-likeness (QED) is 0.575. The van der Waals surface area contributed by atoms with E-state index >= 15 is 0 Å². The molecule has 3 heterocycles. The Hall–Kier alpha value is -3.20. The molecule has 1 aliphatic heterocycles. The molecule has 0 atom stereocenters. The first-order valence-electron chi connectivity index (χ1n) is 9.91. The highest BCUT2D eigenvalue weighted by Crippen LogP contribution is 2.24. The summed E-state index contributed by atoms with van der Waals surface area (Å²) in [5, 5.41) is 6.54. The molecule has 0 bridgehead atoms. The van der Waals surface area contributed by atoms with Crippen molar-refractivity contribution in [3.8, 4) is 11.6 Å². The van der Waals surface area contributed by atoms with Gasteiger partial charge in [0.2, 0.25) is 11.8 Å². The second-order valence-electron chi connectivity index (χ2n) is 7.32. The van der Waals surface area contributed by atoms with Crippen molar-refractivity contribution in [2.75, 3.05) is 18.4 Å². The van der Waals surface area contributed by atoms with Gasteiger partial charge in [0.25, 0.3) is 5.91 Å². The highest BCUT2D eigenvalue weighted by Gasteiger charge is 2.28. The molecule has 31 heavy (non-hydrogen) atoms. The zero-order chi connectivity index (χ0) is 21.8. The van der Waals surface area contributed by atoms with Crippen LogP contribution in [0.5, 0.6) is 11.6 Å². The average molecular weight is 485 g/mol. The van der Waals surface area contributed by atoms with Crippen molar-refractivity contribution >= 4 is 33.6 Å². The zero-order valence-electron chi connectivity index (χ0n) is 16.9. The predicted molar refractivity (Wildman–Crippen MR) is 117 cm³/mol.